The van der Waals surface area contributed by atoms with E-state index in [-0.39, 0.29) is 22.6 Å². The molecule has 24 heavy (non-hydrogen) atoms. The quantitative estimate of drug-likeness (QED) is 0.647. The first-order chi connectivity index (χ1) is 11.3. The summed E-state index contributed by atoms with van der Waals surface area (Å²) in [6, 6.07) is 5.26. The van der Waals surface area contributed by atoms with E-state index in [2.05, 4.69) is 4.98 Å². The zero-order chi connectivity index (χ0) is 17.5. The third-order valence-corrected chi connectivity index (χ3v) is 4.61. The number of nitro benzene ring substituents is 1. The minimum absolute atomic E-state index is 0.128. The van der Waals surface area contributed by atoms with E-state index in [4.69, 9.17) is 5.73 Å². The maximum absolute atomic E-state index is 12.9. The van der Waals surface area contributed by atoms with E-state index in [0.717, 1.165) is 6.42 Å². The van der Waals surface area contributed by atoms with Crippen LogP contribution < -0.4 is 11.3 Å². The number of rotatable bonds is 3. The molecule has 1 fully saturated rings. The molecule has 0 bridgehead atoms. The summed E-state index contributed by atoms with van der Waals surface area (Å²) in [5, 5.41) is 11.4. The number of hydrogen-bond donors (Lipinski definition) is 2. The molecule has 1 aromatic heterocycles. The number of fused-ring (bicyclic) bond motifs is 1. The van der Waals surface area contributed by atoms with Crippen LogP contribution in [0.4, 0.5) is 5.69 Å². The smallest absolute Gasteiger partial charge is 0.270 e. The molecule has 1 amide bonds. The van der Waals surface area contributed by atoms with Crippen molar-refractivity contribution in [3.05, 3.63) is 50.3 Å². The lowest BCUT2D eigenvalue weighted by Crippen LogP contribution is -2.35. The highest BCUT2D eigenvalue weighted by Gasteiger charge is 2.35. The fraction of sp³-hybridized carbons (Fsp3) is 0.375. The molecule has 3 N–H and O–H groups in total. The fourth-order valence-corrected chi connectivity index (χ4v) is 3.07. The average Bonchev–Trinajstić information content (AvgIpc) is 2.96. The van der Waals surface area contributed by atoms with Crippen LogP contribution in [-0.2, 0) is 0 Å². The van der Waals surface area contributed by atoms with Crippen molar-refractivity contribution in [2.75, 3.05) is 19.6 Å². The van der Waals surface area contributed by atoms with Gasteiger partial charge in [-0.3, -0.25) is 19.7 Å². The van der Waals surface area contributed by atoms with Crippen molar-refractivity contribution in [1.82, 2.24) is 9.88 Å². The highest BCUT2D eigenvalue weighted by molar-refractivity contribution is 6.06. The molecular formula is C16H18N4O4. The summed E-state index contributed by atoms with van der Waals surface area (Å²) in [5.41, 5.74) is 5.66. The first kappa shape index (κ1) is 16.1. The summed E-state index contributed by atoms with van der Waals surface area (Å²) in [5.74, 6) is -0.302. The molecule has 2 aromatic rings. The lowest BCUT2D eigenvalue weighted by atomic mass is 9.90. The molecule has 0 aliphatic carbocycles. The third-order valence-electron chi connectivity index (χ3n) is 4.61. The van der Waals surface area contributed by atoms with E-state index in [0.29, 0.717) is 30.5 Å². The van der Waals surface area contributed by atoms with Crippen LogP contribution in [0.3, 0.4) is 0 Å². The second kappa shape index (κ2) is 5.72. The number of aromatic nitrogens is 1. The van der Waals surface area contributed by atoms with Crippen LogP contribution in [0.1, 0.15) is 23.7 Å². The van der Waals surface area contributed by atoms with Crippen LogP contribution in [0.2, 0.25) is 0 Å². The number of H-pyrrole nitrogens is 1. The van der Waals surface area contributed by atoms with Gasteiger partial charge in [0.2, 0.25) is 5.56 Å². The number of nitrogens with one attached hydrogen (secondary N) is 1. The van der Waals surface area contributed by atoms with Gasteiger partial charge in [-0.25, -0.2) is 0 Å². The van der Waals surface area contributed by atoms with Crippen molar-refractivity contribution in [2.24, 2.45) is 11.1 Å². The van der Waals surface area contributed by atoms with Gasteiger partial charge in [-0.1, -0.05) is 6.92 Å². The summed E-state index contributed by atoms with van der Waals surface area (Å²) >= 11 is 0. The van der Waals surface area contributed by atoms with Crippen LogP contribution in [0, 0.1) is 15.5 Å². The molecule has 126 valence electrons. The monoisotopic (exact) mass is 330 g/mol. The number of carbonyl (C=O) groups excluding carboxylic acids is 1. The lowest BCUT2D eigenvalue weighted by Gasteiger charge is -2.22. The molecule has 8 heteroatoms. The van der Waals surface area contributed by atoms with Gasteiger partial charge in [0.05, 0.1) is 10.5 Å². The van der Waals surface area contributed by atoms with Gasteiger partial charge in [0, 0.05) is 42.2 Å². The Labute approximate surface area is 137 Å². The van der Waals surface area contributed by atoms with Gasteiger partial charge in [0.15, 0.2) is 0 Å². The molecule has 1 aliphatic rings. The molecule has 0 saturated carbocycles. The van der Waals surface area contributed by atoms with Gasteiger partial charge in [-0.05, 0) is 24.4 Å². The number of nitrogens with two attached hydrogens (primary N) is 1. The zero-order valence-corrected chi connectivity index (χ0v) is 13.2. The van der Waals surface area contributed by atoms with Gasteiger partial charge in [0.25, 0.3) is 11.6 Å². The summed E-state index contributed by atoms with van der Waals surface area (Å²) in [6.07, 6.45) is 0.788. The Balaban J connectivity index is 2.08. The fourth-order valence-electron chi connectivity index (χ4n) is 3.07. The maximum atomic E-state index is 12.9. The number of benzene rings is 1. The molecule has 0 spiro atoms. The van der Waals surface area contributed by atoms with Crippen LogP contribution >= 0.6 is 0 Å². The lowest BCUT2D eigenvalue weighted by molar-refractivity contribution is -0.384. The van der Waals surface area contributed by atoms with Crippen molar-refractivity contribution in [3.63, 3.8) is 0 Å². The van der Waals surface area contributed by atoms with Gasteiger partial charge in [-0.15, -0.1) is 0 Å². The van der Waals surface area contributed by atoms with Crippen LogP contribution in [-0.4, -0.2) is 40.3 Å². The molecule has 1 saturated heterocycles. The van der Waals surface area contributed by atoms with E-state index in [1.54, 1.807) is 4.90 Å². The number of aromatic amines is 1. The van der Waals surface area contributed by atoms with Crippen molar-refractivity contribution in [3.8, 4) is 0 Å². The zero-order valence-electron chi connectivity index (χ0n) is 13.2. The molecule has 1 atom stereocenters. The second-order valence-corrected chi connectivity index (χ2v) is 6.53. The number of nitro groups is 1. The molecule has 1 aliphatic heterocycles. The molecule has 3 rings (SSSR count). The number of pyridine rings is 1. The van der Waals surface area contributed by atoms with Gasteiger partial charge in [-0.2, -0.15) is 0 Å². The highest BCUT2D eigenvalue weighted by Crippen LogP contribution is 2.30. The topological polar surface area (TPSA) is 122 Å². The van der Waals surface area contributed by atoms with Gasteiger partial charge < -0.3 is 15.6 Å². The SMILES string of the molecule is CC1(CN)CCN(C(=O)c2cc(=O)[nH]c3ccc([N+](=O)[O-])cc23)C1. The summed E-state index contributed by atoms with van der Waals surface area (Å²) < 4.78 is 0. The molecule has 2 heterocycles. The Morgan fingerprint density at radius 2 is 2.21 bits per heavy atom. The number of non-ortho nitro benzene ring substituents is 1. The third kappa shape index (κ3) is 2.76. The standard InChI is InChI=1S/C16H18N4O4/c1-16(8-17)4-5-19(9-16)15(22)12-7-14(21)18-13-3-2-10(20(23)24)6-11(12)13/h2-3,6-7H,4-5,8-9,17H2,1H3,(H,18,21). The predicted octanol–water partition coefficient (Wildman–Crippen LogP) is 1.25. The van der Waals surface area contributed by atoms with Crippen molar-refractivity contribution in [2.45, 2.75) is 13.3 Å². The molecule has 8 nitrogen and oxygen atoms in total. The first-order valence-corrected chi connectivity index (χ1v) is 7.64. The van der Waals surface area contributed by atoms with E-state index in [1.807, 2.05) is 6.92 Å². The maximum Gasteiger partial charge on any atom is 0.270 e. The molecular weight excluding hydrogens is 312 g/mol. The van der Waals surface area contributed by atoms with Crippen molar-refractivity contribution in [1.29, 1.82) is 0 Å². The Morgan fingerprint density at radius 1 is 1.46 bits per heavy atom. The first-order valence-electron chi connectivity index (χ1n) is 7.64. The molecule has 1 unspecified atom stereocenters. The van der Waals surface area contributed by atoms with Crippen molar-refractivity contribution < 1.29 is 9.72 Å². The Kier molecular flexibility index (Phi) is 3.84. The minimum Gasteiger partial charge on any atom is -0.338 e. The number of likely N-dealkylation sites (tertiary alicyclic amines) is 1. The minimum atomic E-state index is -0.528. The van der Waals surface area contributed by atoms with E-state index >= 15 is 0 Å². The number of hydrogen-bond acceptors (Lipinski definition) is 5. The second-order valence-electron chi connectivity index (χ2n) is 6.53. The van der Waals surface area contributed by atoms with E-state index in [9.17, 15) is 19.7 Å². The Hall–Kier alpha value is -2.74. The molecule has 1 aromatic carbocycles. The van der Waals surface area contributed by atoms with Crippen LogP contribution in [0.15, 0.2) is 29.1 Å². The summed E-state index contributed by atoms with van der Waals surface area (Å²) in [4.78, 5) is 39.4. The van der Waals surface area contributed by atoms with E-state index < -0.39 is 10.5 Å². The van der Waals surface area contributed by atoms with Gasteiger partial charge in [0.1, 0.15) is 0 Å². The number of nitrogens with zero attached hydrogens (tertiary/aromatic N) is 2. The van der Waals surface area contributed by atoms with Crippen LogP contribution in [0.25, 0.3) is 10.9 Å². The molecule has 0 radical (unpaired) electrons. The summed E-state index contributed by atoms with van der Waals surface area (Å²) in [7, 11) is 0. The van der Waals surface area contributed by atoms with E-state index in [1.165, 1.54) is 24.3 Å². The van der Waals surface area contributed by atoms with Crippen molar-refractivity contribution >= 4 is 22.5 Å². The average molecular weight is 330 g/mol. The van der Waals surface area contributed by atoms with Gasteiger partial charge >= 0.3 is 0 Å². The predicted molar refractivity (Wildman–Crippen MR) is 88.9 cm³/mol. The van der Waals surface area contributed by atoms with Crippen LogP contribution in [0.5, 0.6) is 0 Å². The normalized spacial score (nSPS) is 20.5. The highest BCUT2D eigenvalue weighted by atomic mass is 16.6. The Morgan fingerprint density at radius 3 is 2.83 bits per heavy atom. The Bertz CT molecular complexity index is 891. The summed E-state index contributed by atoms with van der Waals surface area (Å²) in [6.45, 7) is 3.54. The number of amides is 1. The number of carbonyl (C=O) groups is 1. The largest absolute Gasteiger partial charge is 0.338 e.